The van der Waals surface area contributed by atoms with Gasteiger partial charge in [0.05, 0.1) is 0 Å². The Morgan fingerprint density at radius 1 is 1.67 bits per heavy atom. The highest BCUT2D eigenvalue weighted by Gasteiger charge is 2.04. The summed E-state index contributed by atoms with van der Waals surface area (Å²) in [4.78, 5) is 24.7. The van der Waals surface area contributed by atoms with Crippen LogP contribution in [0.3, 0.4) is 0 Å². The first kappa shape index (κ1) is 8.35. The van der Waals surface area contributed by atoms with E-state index in [4.69, 9.17) is 5.84 Å². The highest BCUT2D eigenvalue weighted by atomic mass is 16.2. The van der Waals surface area contributed by atoms with Crippen molar-refractivity contribution in [2.24, 2.45) is 5.84 Å². The van der Waals surface area contributed by atoms with Crippen LogP contribution in [-0.4, -0.2) is 17.2 Å². The Kier molecular flexibility index (Phi) is 2.49. The third kappa shape index (κ3) is 1.64. The van der Waals surface area contributed by atoms with Crippen molar-refractivity contribution in [2.75, 3.05) is 0 Å². The molecule has 0 aliphatic carbocycles. The van der Waals surface area contributed by atoms with Crippen molar-refractivity contribution in [1.82, 2.24) is 10.4 Å². The standard InChI is InChI=1S/C7H6N3O2/c8-10-7(12)6-3-5(4-11)1-2-9-6/h1-3H,8H2,(H,10,12). The number of carbonyl (C=O) groups is 1. The molecule has 5 heteroatoms. The molecule has 0 spiro atoms. The first-order valence-corrected chi connectivity index (χ1v) is 3.13. The Balaban J connectivity index is 3.01. The van der Waals surface area contributed by atoms with Gasteiger partial charge in [0.1, 0.15) is 5.69 Å². The van der Waals surface area contributed by atoms with Crippen LogP contribution >= 0.6 is 0 Å². The van der Waals surface area contributed by atoms with Crippen molar-refractivity contribution in [3.63, 3.8) is 0 Å². The highest BCUT2D eigenvalue weighted by Crippen LogP contribution is 1.97. The maximum absolute atomic E-state index is 10.9. The summed E-state index contributed by atoms with van der Waals surface area (Å²) in [6.07, 6.45) is 2.97. The van der Waals surface area contributed by atoms with Gasteiger partial charge in [-0.2, -0.15) is 0 Å². The molecule has 0 saturated carbocycles. The molecule has 1 rings (SSSR count). The predicted octanol–water partition coefficient (Wildman–Crippen LogP) is -0.857. The molecule has 12 heavy (non-hydrogen) atoms. The molecule has 1 heterocycles. The summed E-state index contributed by atoms with van der Waals surface area (Å²) >= 11 is 0. The van der Waals surface area contributed by atoms with Gasteiger partial charge in [-0.3, -0.25) is 20.0 Å². The molecule has 0 fully saturated rings. The van der Waals surface area contributed by atoms with Gasteiger partial charge < -0.3 is 0 Å². The lowest BCUT2D eigenvalue weighted by atomic mass is 10.2. The Bertz CT molecular complexity index is 311. The normalized spacial score (nSPS) is 9.08. The zero-order valence-corrected chi connectivity index (χ0v) is 6.07. The van der Waals surface area contributed by atoms with Crippen molar-refractivity contribution in [2.45, 2.75) is 0 Å². The van der Waals surface area contributed by atoms with E-state index < -0.39 is 5.91 Å². The fourth-order valence-electron chi connectivity index (χ4n) is 0.692. The van der Waals surface area contributed by atoms with E-state index in [-0.39, 0.29) is 11.3 Å². The van der Waals surface area contributed by atoms with Gasteiger partial charge in [0.25, 0.3) is 5.91 Å². The predicted molar refractivity (Wildman–Crippen MR) is 40.7 cm³/mol. The Hall–Kier alpha value is -1.75. The second-order valence-electron chi connectivity index (χ2n) is 2.01. The number of pyridine rings is 1. The van der Waals surface area contributed by atoms with Crippen molar-refractivity contribution in [3.8, 4) is 0 Å². The summed E-state index contributed by atoms with van der Waals surface area (Å²) in [6, 6.07) is 2.75. The van der Waals surface area contributed by atoms with Gasteiger partial charge in [-0.05, 0) is 12.1 Å². The summed E-state index contributed by atoms with van der Waals surface area (Å²) in [7, 11) is 0. The molecule has 1 aromatic heterocycles. The van der Waals surface area contributed by atoms with Crippen molar-refractivity contribution in [3.05, 3.63) is 29.6 Å². The molecule has 0 aliphatic heterocycles. The SMILES string of the molecule is NNC(=O)c1cc([C]=O)ccn1. The van der Waals surface area contributed by atoms with Crippen LogP contribution in [0.5, 0.6) is 0 Å². The Morgan fingerprint density at radius 2 is 2.42 bits per heavy atom. The summed E-state index contributed by atoms with van der Waals surface area (Å²) in [5.74, 6) is 4.32. The van der Waals surface area contributed by atoms with E-state index in [1.165, 1.54) is 18.3 Å². The van der Waals surface area contributed by atoms with Crippen LogP contribution in [0.25, 0.3) is 0 Å². The number of rotatable bonds is 2. The van der Waals surface area contributed by atoms with Crippen molar-refractivity contribution in [1.29, 1.82) is 0 Å². The monoisotopic (exact) mass is 164 g/mol. The number of nitrogens with one attached hydrogen (secondary N) is 1. The summed E-state index contributed by atoms with van der Waals surface area (Å²) in [6.45, 7) is 0. The fraction of sp³-hybridized carbons (Fsp3) is 0. The number of nitrogens with two attached hydrogens (primary N) is 1. The van der Waals surface area contributed by atoms with Crippen molar-refractivity contribution < 1.29 is 9.59 Å². The molecule has 1 radical (unpaired) electrons. The first-order valence-electron chi connectivity index (χ1n) is 3.13. The van der Waals surface area contributed by atoms with Gasteiger partial charge >= 0.3 is 0 Å². The molecular formula is C7H6N3O2. The Labute approximate surface area is 68.6 Å². The van der Waals surface area contributed by atoms with E-state index in [1.807, 2.05) is 5.43 Å². The van der Waals surface area contributed by atoms with Crippen LogP contribution in [0.2, 0.25) is 0 Å². The number of nitrogen functional groups attached to an aromatic ring is 1. The maximum Gasteiger partial charge on any atom is 0.283 e. The van der Waals surface area contributed by atoms with Gasteiger partial charge in [0, 0.05) is 11.8 Å². The first-order chi connectivity index (χ1) is 5.77. The molecule has 1 amide bonds. The second kappa shape index (κ2) is 3.59. The van der Waals surface area contributed by atoms with Crippen LogP contribution < -0.4 is 11.3 Å². The number of aromatic nitrogens is 1. The topological polar surface area (TPSA) is 85.1 Å². The molecular weight excluding hydrogens is 158 g/mol. The van der Waals surface area contributed by atoms with Crippen LogP contribution in [0, 0.1) is 0 Å². The van der Waals surface area contributed by atoms with Crippen molar-refractivity contribution >= 4 is 12.2 Å². The maximum atomic E-state index is 10.9. The van der Waals surface area contributed by atoms with E-state index in [9.17, 15) is 9.59 Å². The summed E-state index contributed by atoms with van der Waals surface area (Å²) in [5, 5.41) is 0. The van der Waals surface area contributed by atoms with Crippen LogP contribution in [0.4, 0.5) is 0 Å². The molecule has 0 atom stereocenters. The molecule has 5 nitrogen and oxygen atoms in total. The quantitative estimate of drug-likeness (QED) is 0.338. The minimum Gasteiger partial charge on any atom is -0.289 e. The van der Waals surface area contributed by atoms with E-state index in [0.29, 0.717) is 0 Å². The van der Waals surface area contributed by atoms with Gasteiger partial charge in [-0.1, -0.05) is 0 Å². The summed E-state index contributed by atoms with van der Waals surface area (Å²) < 4.78 is 0. The molecule has 0 saturated heterocycles. The lowest BCUT2D eigenvalue weighted by Gasteiger charge is -1.97. The number of carbonyl (C=O) groups excluding carboxylic acids is 2. The minimum atomic E-state index is -0.535. The van der Waals surface area contributed by atoms with E-state index in [0.717, 1.165) is 0 Å². The number of amides is 1. The molecule has 0 aliphatic rings. The lowest BCUT2D eigenvalue weighted by Crippen LogP contribution is -2.30. The third-order valence-corrected chi connectivity index (χ3v) is 1.24. The molecule has 1 aromatic rings. The summed E-state index contributed by atoms with van der Waals surface area (Å²) in [5.41, 5.74) is 2.26. The minimum absolute atomic E-state index is 0.0957. The van der Waals surface area contributed by atoms with E-state index >= 15 is 0 Å². The van der Waals surface area contributed by atoms with Crippen LogP contribution in [0.1, 0.15) is 16.1 Å². The molecule has 61 valence electrons. The third-order valence-electron chi connectivity index (χ3n) is 1.24. The van der Waals surface area contributed by atoms with Gasteiger partial charge in [0.15, 0.2) is 0 Å². The van der Waals surface area contributed by atoms with Crippen LogP contribution in [0.15, 0.2) is 18.3 Å². The zero-order chi connectivity index (χ0) is 8.97. The smallest absolute Gasteiger partial charge is 0.283 e. The molecule has 0 aromatic carbocycles. The second-order valence-corrected chi connectivity index (χ2v) is 2.01. The van der Waals surface area contributed by atoms with Gasteiger partial charge in [-0.25, -0.2) is 5.84 Å². The number of hydrazine groups is 1. The highest BCUT2D eigenvalue weighted by molar-refractivity contribution is 5.93. The van der Waals surface area contributed by atoms with Gasteiger partial charge in [-0.15, -0.1) is 0 Å². The van der Waals surface area contributed by atoms with Gasteiger partial charge in [0.2, 0.25) is 6.29 Å². The number of hydrogen-bond donors (Lipinski definition) is 2. The van der Waals surface area contributed by atoms with E-state index in [2.05, 4.69) is 4.98 Å². The Morgan fingerprint density at radius 3 is 3.00 bits per heavy atom. The molecule has 0 bridgehead atoms. The van der Waals surface area contributed by atoms with E-state index in [1.54, 1.807) is 6.29 Å². The molecule has 3 N–H and O–H groups in total. The fourth-order valence-corrected chi connectivity index (χ4v) is 0.692. The van der Waals surface area contributed by atoms with Crippen LogP contribution in [-0.2, 0) is 4.79 Å². The number of nitrogens with zero attached hydrogens (tertiary/aromatic N) is 1. The molecule has 0 unspecified atom stereocenters. The average Bonchev–Trinajstić information content (AvgIpc) is 2.17. The lowest BCUT2D eigenvalue weighted by molar-refractivity contribution is 0.0948. The number of hydrogen-bond acceptors (Lipinski definition) is 4. The average molecular weight is 164 g/mol. The largest absolute Gasteiger partial charge is 0.289 e. The zero-order valence-electron chi connectivity index (χ0n) is 6.07.